The molecule has 1 aromatic heterocycles. The van der Waals surface area contributed by atoms with E-state index in [2.05, 4.69) is 5.10 Å². The Morgan fingerprint density at radius 3 is 2.94 bits per heavy atom. The molecule has 86 valence electrons. The normalized spacial score (nSPS) is 13.2. The first kappa shape index (κ1) is 10.4. The SMILES string of the molecule is Cc1cc2n(n1)-c1ccccc1CN2C(=O)Cl. The van der Waals surface area contributed by atoms with E-state index in [4.69, 9.17) is 11.6 Å². The summed E-state index contributed by atoms with van der Waals surface area (Å²) in [6, 6.07) is 9.72. The third kappa shape index (κ3) is 1.52. The fourth-order valence-electron chi connectivity index (χ4n) is 2.11. The van der Waals surface area contributed by atoms with E-state index in [1.165, 1.54) is 4.90 Å². The number of aromatic nitrogens is 2. The summed E-state index contributed by atoms with van der Waals surface area (Å²) in [5.74, 6) is 0.723. The molecule has 2 aromatic rings. The summed E-state index contributed by atoms with van der Waals surface area (Å²) in [4.78, 5) is 12.9. The van der Waals surface area contributed by atoms with Crippen LogP contribution in [0.2, 0.25) is 0 Å². The van der Waals surface area contributed by atoms with E-state index in [0.29, 0.717) is 6.54 Å². The molecule has 0 saturated carbocycles. The fourth-order valence-corrected chi connectivity index (χ4v) is 2.26. The van der Waals surface area contributed by atoms with Gasteiger partial charge in [-0.05, 0) is 30.2 Å². The summed E-state index contributed by atoms with van der Waals surface area (Å²) >= 11 is 5.61. The molecule has 0 aliphatic carbocycles. The van der Waals surface area contributed by atoms with Crippen LogP contribution >= 0.6 is 11.6 Å². The summed E-state index contributed by atoms with van der Waals surface area (Å²) in [7, 11) is 0. The highest BCUT2D eigenvalue weighted by atomic mass is 35.5. The van der Waals surface area contributed by atoms with E-state index in [-0.39, 0.29) is 0 Å². The van der Waals surface area contributed by atoms with Crippen LogP contribution in [0.5, 0.6) is 0 Å². The van der Waals surface area contributed by atoms with E-state index >= 15 is 0 Å². The Bertz CT molecular complexity index is 606. The minimum absolute atomic E-state index is 0.486. The molecule has 0 radical (unpaired) electrons. The van der Waals surface area contributed by atoms with Gasteiger partial charge in [0.25, 0.3) is 0 Å². The molecule has 1 aromatic carbocycles. The van der Waals surface area contributed by atoms with Crippen molar-refractivity contribution in [2.24, 2.45) is 0 Å². The first-order valence-electron chi connectivity index (χ1n) is 5.29. The third-order valence-corrected chi connectivity index (χ3v) is 3.05. The maximum absolute atomic E-state index is 11.4. The lowest BCUT2D eigenvalue weighted by molar-refractivity contribution is 0.263. The molecule has 0 fully saturated rings. The van der Waals surface area contributed by atoms with Gasteiger partial charge in [0.05, 0.1) is 17.9 Å². The molecule has 0 N–H and O–H groups in total. The van der Waals surface area contributed by atoms with Crippen molar-refractivity contribution in [1.29, 1.82) is 0 Å². The zero-order valence-electron chi connectivity index (χ0n) is 9.22. The third-order valence-electron chi connectivity index (χ3n) is 2.85. The van der Waals surface area contributed by atoms with Crippen LogP contribution in [-0.4, -0.2) is 15.1 Å². The van der Waals surface area contributed by atoms with Crippen LogP contribution < -0.4 is 4.90 Å². The Morgan fingerprint density at radius 2 is 2.18 bits per heavy atom. The highest BCUT2D eigenvalue weighted by Crippen LogP contribution is 2.31. The number of rotatable bonds is 0. The molecule has 0 spiro atoms. The maximum atomic E-state index is 11.4. The molecule has 1 aliphatic heterocycles. The van der Waals surface area contributed by atoms with Crippen LogP contribution in [0.1, 0.15) is 11.3 Å². The van der Waals surface area contributed by atoms with Crippen LogP contribution in [0.25, 0.3) is 5.69 Å². The lowest BCUT2D eigenvalue weighted by atomic mass is 10.1. The number of halogens is 1. The molecule has 1 aliphatic rings. The monoisotopic (exact) mass is 247 g/mol. The maximum Gasteiger partial charge on any atom is 0.322 e. The Hall–Kier alpha value is -1.81. The molecule has 5 heteroatoms. The molecular weight excluding hydrogens is 238 g/mol. The summed E-state index contributed by atoms with van der Waals surface area (Å²) in [5.41, 5.74) is 2.90. The molecule has 0 bridgehead atoms. The second-order valence-corrected chi connectivity index (χ2v) is 4.35. The molecule has 0 saturated heterocycles. The first-order chi connectivity index (χ1) is 8.16. The molecule has 0 unspecified atom stereocenters. The van der Waals surface area contributed by atoms with Gasteiger partial charge in [0.1, 0.15) is 5.82 Å². The van der Waals surface area contributed by atoms with Crippen molar-refractivity contribution in [3.05, 3.63) is 41.6 Å². The predicted octanol–water partition coefficient (Wildman–Crippen LogP) is 2.86. The number of aryl methyl sites for hydroxylation is 1. The number of carbonyl (C=O) groups is 1. The molecule has 0 atom stereocenters. The van der Waals surface area contributed by atoms with Gasteiger partial charge in [0.15, 0.2) is 0 Å². The smallest absolute Gasteiger partial charge is 0.278 e. The van der Waals surface area contributed by atoms with Gasteiger partial charge in [0.2, 0.25) is 0 Å². The number of carbonyl (C=O) groups excluding carboxylic acids is 1. The number of para-hydroxylation sites is 1. The summed E-state index contributed by atoms with van der Waals surface area (Å²) in [6.45, 7) is 2.38. The van der Waals surface area contributed by atoms with E-state index in [9.17, 15) is 4.79 Å². The lowest BCUT2D eigenvalue weighted by Crippen LogP contribution is -2.31. The van der Waals surface area contributed by atoms with Crippen LogP contribution in [-0.2, 0) is 6.54 Å². The Balaban J connectivity index is 2.25. The van der Waals surface area contributed by atoms with Crippen LogP contribution in [0.15, 0.2) is 30.3 Å². The average Bonchev–Trinajstić information content (AvgIpc) is 2.69. The first-order valence-corrected chi connectivity index (χ1v) is 5.66. The van der Waals surface area contributed by atoms with Gasteiger partial charge in [-0.1, -0.05) is 18.2 Å². The van der Waals surface area contributed by atoms with Crippen LogP contribution in [0.3, 0.4) is 0 Å². The number of amides is 1. The predicted molar refractivity (Wildman–Crippen MR) is 65.7 cm³/mol. The highest BCUT2D eigenvalue weighted by molar-refractivity contribution is 6.66. The standard InChI is InChI=1S/C12H10ClN3O/c1-8-6-11-15(12(13)17)7-9-4-2-3-5-10(9)16(11)14-8/h2-6H,7H2,1H3. The van der Waals surface area contributed by atoms with Crippen molar-refractivity contribution < 1.29 is 4.79 Å². The molecular formula is C12H10ClN3O. The van der Waals surface area contributed by atoms with Crippen molar-refractivity contribution in [2.45, 2.75) is 13.5 Å². The van der Waals surface area contributed by atoms with Gasteiger partial charge in [-0.25, -0.2) is 4.68 Å². The number of hydrogen-bond donors (Lipinski definition) is 0. The Kier molecular flexibility index (Phi) is 2.19. The van der Waals surface area contributed by atoms with Gasteiger partial charge in [-0.2, -0.15) is 5.10 Å². The molecule has 1 amide bonds. The Labute approximate surface area is 103 Å². The number of benzene rings is 1. The Morgan fingerprint density at radius 1 is 1.41 bits per heavy atom. The summed E-state index contributed by atoms with van der Waals surface area (Å²) < 4.78 is 1.76. The lowest BCUT2D eigenvalue weighted by Gasteiger charge is -2.27. The highest BCUT2D eigenvalue weighted by Gasteiger charge is 2.26. The van der Waals surface area contributed by atoms with E-state index in [0.717, 1.165) is 22.8 Å². The van der Waals surface area contributed by atoms with Crippen LogP contribution in [0, 0.1) is 6.92 Å². The van der Waals surface area contributed by atoms with Crippen molar-refractivity contribution in [3.63, 3.8) is 0 Å². The van der Waals surface area contributed by atoms with Gasteiger partial charge in [0, 0.05) is 6.07 Å². The number of hydrogen-bond acceptors (Lipinski definition) is 2. The second-order valence-electron chi connectivity index (χ2n) is 4.02. The largest absolute Gasteiger partial charge is 0.322 e. The van der Waals surface area contributed by atoms with Crippen molar-refractivity contribution in [1.82, 2.24) is 9.78 Å². The second kappa shape index (κ2) is 3.60. The van der Waals surface area contributed by atoms with E-state index < -0.39 is 5.37 Å². The number of fused-ring (bicyclic) bond motifs is 3. The van der Waals surface area contributed by atoms with Crippen molar-refractivity contribution >= 4 is 22.8 Å². The fraction of sp³-hybridized carbons (Fsp3) is 0.167. The van der Waals surface area contributed by atoms with Crippen molar-refractivity contribution in [3.8, 4) is 5.69 Å². The van der Waals surface area contributed by atoms with Gasteiger partial charge in [-0.3, -0.25) is 9.69 Å². The topological polar surface area (TPSA) is 38.1 Å². The molecule has 2 heterocycles. The summed E-state index contributed by atoms with van der Waals surface area (Å²) in [5, 5.41) is 3.90. The molecule has 4 nitrogen and oxygen atoms in total. The van der Waals surface area contributed by atoms with Crippen molar-refractivity contribution in [2.75, 3.05) is 4.90 Å². The van der Waals surface area contributed by atoms with Crippen LogP contribution in [0.4, 0.5) is 10.6 Å². The number of nitrogens with zero attached hydrogens (tertiary/aromatic N) is 3. The average molecular weight is 248 g/mol. The number of anilines is 1. The zero-order valence-corrected chi connectivity index (χ0v) is 9.98. The minimum atomic E-state index is -0.486. The van der Waals surface area contributed by atoms with E-state index in [1.54, 1.807) is 4.68 Å². The molecule has 3 rings (SSSR count). The quantitative estimate of drug-likeness (QED) is 0.530. The minimum Gasteiger partial charge on any atom is -0.278 e. The summed E-state index contributed by atoms with van der Waals surface area (Å²) in [6.07, 6.45) is 0. The van der Waals surface area contributed by atoms with Gasteiger partial charge < -0.3 is 0 Å². The molecule has 17 heavy (non-hydrogen) atoms. The zero-order chi connectivity index (χ0) is 12.0. The van der Waals surface area contributed by atoms with Gasteiger partial charge in [-0.15, -0.1) is 0 Å². The van der Waals surface area contributed by atoms with Gasteiger partial charge >= 0.3 is 5.37 Å². The van der Waals surface area contributed by atoms with E-state index in [1.807, 2.05) is 37.3 Å².